The Kier molecular flexibility index (Phi) is 1.54. The molecule has 0 fully saturated rings. The number of nitrogens with two attached hydrogens (primary N) is 1. The summed E-state index contributed by atoms with van der Waals surface area (Å²) in [6.45, 7) is 0. The molecule has 0 aliphatic heterocycles. The van der Waals surface area contributed by atoms with E-state index < -0.39 is 15.2 Å². The fraction of sp³-hybridized carbons (Fsp3) is 0. The largest absolute Gasteiger partial charge is 0.273 e. The van der Waals surface area contributed by atoms with Crippen LogP contribution in [-0.2, 0) is 10.0 Å². The van der Waals surface area contributed by atoms with Gasteiger partial charge in [0.05, 0.1) is 6.20 Å². The third-order valence-corrected chi connectivity index (χ3v) is 2.10. The highest BCUT2D eigenvalue weighted by molar-refractivity contribution is 7.89. The molecular weight excluding hydrogens is 194 g/mol. The summed E-state index contributed by atoms with van der Waals surface area (Å²) >= 11 is 0. The quantitative estimate of drug-likeness (QED) is 0.619. The zero-order valence-corrected chi connectivity index (χ0v) is 7.14. The number of nitrogens with zero attached hydrogens (tertiary/aromatic N) is 4. The average Bonchev–Trinajstić information content (AvgIpc) is 2.47. The van der Waals surface area contributed by atoms with Crippen molar-refractivity contribution in [1.82, 2.24) is 19.6 Å². The van der Waals surface area contributed by atoms with Gasteiger partial charge in [-0.25, -0.2) is 23.1 Å². The summed E-state index contributed by atoms with van der Waals surface area (Å²) in [6, 6.07) is 1.55. The van der Waals surface area contributed by atoms with Crippen LogP contribution in [0.1, 0.15) is 0 Å². The van der Waals surface area contributed by atoms with Gasteiger partial charge < -0.3 is 0 Å². The van der Waals surface area contributed by atoms with E-state index in [1.165, 1.54) is 17.0 Å². The van der Waals surface area contributed by atoms with Gasteiger partial charge >= 0.3 is 0 Å². The first-order valence-corrected chi connectivity index (χ1v) is 4.81. The molecule has 0 bridgehead atoms. The van der Waals surface area contributed by atoms with Gasteiger partial charge in [-0.3, -0.25) is 0 Å². The van der Waals surface area contributed by atoms with Crippen LogP contribution in [0.4, 0.5) is 0 Å². The minimum Gasteiger partial charge on any atom is -0.222 e. The van der Waals surface area contributed by atoms with E-state index in [4.69, 9.17) is 5.14 Å². The van der Waals surface area contributed by atoms with E-state index >= 15 is 0 Å². The van der Waals surface area contributed by atoms with Crippen LogP contribution in [0.15, 0.2) is 23.7 Å². The van der Waals surface area contributed by atoms with Crippen molar-refractivity contribution < 1.29 is 8.42 Å². The van der Waals surface area contributed by atoms with Gasteiger partial charge in [-0.2, -0.15) is 10.1 Å². The summed E-state index contributed by atoms with van der Waals surface area (Å²) in [6.07, 6.45) is 2.72. The van der Waals surface area contributed by atoms with Crippen molar-refractivity contribution in [2.75, 3.05) is 0 Å². The van der Waals surface area contributed by atoms with Crippen molar-refractivity contribution in [3.63, 3.8) is 0 Å². The molecule has 2 heterocycles. The van der Waals surface area contributed by atoms with Crippen LogP contribution in [0.3, 0.4) is 0 Å². The third-order valence-electron chi connectivity index (χ3n) is 1.39. The number of rotatable bonds is 1. The highest BCUT2D eigenvalue weighted by atomic mass is 32.2. The van der Waals surface area contributed by atoms with Gasteiger partial charge in [-0.15, -0.1) is 0 Å². The summed E-state index contributed by atoms with van der Waals surface area (Å²) in [5, 5.41) is 8.23. The number of sulfonamides is 1. The molecule has 2 aromatic heterocycles. The molecule has 2 N–H and O–H groups in total. The molecule has 13 heavy (non-hydrogen) atoms. The molecular formula is C5H5N5O2S. The maximum absolute atomic E-state index is 10.8. The second-order valence-corrected chi connectivity index (χ2v) is 3.77. The van der Waals surface area contributed by atoms with Crippen molar-refractivity contribution in [2.24, 2.45) is 5.14 Å². The van der Waals surface area contributed by atoms with Gasteiger partial charge in [-0.1, -0.05) is 0 Å². The molecule has 0 aliphatic rings. The van der Waals surface area contributed by atoms with E-state index in [0.29, 0.717) is 5.65 Å². The van der Waals surface area contributed by atoms with Crippen LogP contribution < -0.4 is 5.14 Å². The Balaban J connectivity index is 2.75. The van der Waals surface area contributed by atoms with Crippen LogP contribution in [0.2, 0.25) is 0 Å². The van der Waals surface area contributed by atoms with Crippen LogP contribution in [-0.4, -0.2) is 28.0 Å². The Morgan fingerprint density at radius 1 is 1.46 bits per heavy atom. The predicted octanol–water partition coefficient (Wildman–Crippen LogP) is -1.23. The highest BCUT2D eigenvalue weighted by Gasteiger charge is 2.11. The standard InChI is InChI=1S/C5H5N5O2S/c6-13(11,12)5-7-3-10-4(9-5)1-2-8-10/h1-3H,(H2,6,11,12). The highest BCUT2D eigenvalue weighted by Crippen LogP contribution is 2.00. The van der Waals surface area contributed by atoms with E-state index in [2.05, 4.69) is 15.1 Å². The Bertz CT molecular complexity index is 545. The van der Waals surface area contributed by atoms with E-state index in [1.807, 2.05) is 0 Å². The van der Waals surface area contributed by atoms with Crippen LogP contribution in [0.25, 0.3) is 5.65 Å². The van der Waals surface area contributed by atoms with Gasteiger partial charge in [0.15, 0.2) is 5.65 Å². The first-order valence-electron chi connectivity index (χ1n) is 3.26. The van der Waals surface area contributed by atoms with Crippen molar-refractivity contribution in [3.05, 3.63) is 18.6 Å². The molecule has 0 atom stereocenters. The SMILES string of the molecule is NS(=O)(=O)c1ncn2nccc2n1. The zero-order chi connectivity index (χ0) is 9.47. The zero-order valence-electron chi connectivity index (χ0n) is 6.32. The molecule has 7 nitrogen and oxygen atoms in total. The van der Waals surface area contributed by atoms with Gasteiger partial charge in [0.2, 0.25) is 0 Å². The fourth-order valence-corrected chi connectivity index (χ4v) is 1.27. The summed E-state index contributed by atoms with van der Waals surface area (Å²) in [4.78, 5) is 7.21. The van der Waals surface area contributed by atoms with Crippen molar-refractivity contribution in [3.8, 4) is 0 Å². The first kappa shape index (κ1) is 8.08. The summed E-state index contributed by atoms with van der Waals surface area (Å²) in [5.74, 6) is 0. The molecule has 0 spiro atoms. The van der Waals surface area contributed by atoms with Crippen molar-refractivity contribution >= 4 is 15.7 Å². The molecule has 0 saturated carbocycles. The fourth-order valence-electron chi connectivity index (χ4n) is 0.853. The second-order valence-electron chi connectivity index (χ2n) is 2.32. The minimum atomic E-state index is -3.84. The average molecular weight is 199 g/mol. The molecule has 0 radical (unpaired) electrons. The summed E-state index contributed by atoms with van der Waals surface area (Å²) in [5.41, 5.74) is 0.388. The number of fused-ring (bicyclic) bond motifs is 1. The number of primary sulfonamides is 1. The monoisotopic (exact) mass is 199 g/mol. The van der Waals surface area contributed by atoms with E-state index in [-0.39, 0.29) is 0 Å². The maximum atomic E-state index is 10.8. The lowest BCUT2D eigenvalue weighted by Gasteiger charge is -1.95. The van der Waals surface area contributed by atoms with Gasteiger partial charge in [0.1, 0.15) is 6.33 Å². The molecule has 0 unspecified atom stereocenters. The second kappa shape index (κ2) is 2.47. The number of hydrogen-bond acceptors (Lipinski definition) is 5. The normalized spacial score (nSPS) is 12.1. The lowest BCUT2D eigenvalue weighted by Crippen LogP contribution is -2.16. The molecule has 68 valence electrons. The van der Waals surface area contributed by atoms with Crippen LogP contribution in [0.5, 0.6) is 0 Å². The Hall–Kier alpha value is -1.54. The van der Waals surface area contributed by atoms with E-state index in [0.717, 1.165) is 0 Å². The van der Waals surface area contributed by atoms with Crippen molar-refractivity contribution in [1.29, 1.82) is 0 Å². The summed E-state index contributed by atoms with van der Waals surface area (Å²) in [7, 11) is -3.84. The van der Waals surface area contributed by atoms with Gasteiger partial charge in [0, 0.05) is 6.07 Å². The molecule has 0 aliphatic carbocycles. The lowest BCUT2D eigenvalue weighted by molar-refractivity contribution is 0.587. The predicted molar refractivity (Wildman–Crippen MR) is 42.2 cm³/mol. The van der Waals surface area contributed by atoms with Crippen LogP contribution >= 0.6 is 0 Å². The number of hydrogen-bond donors (Lipinski definition) is 1. The van der Waals surface area contributed by atoms with Crippen LogP contribution in [0, 0.1) is 0 Å². The number of aromatic nitrogens is 4. The molecule has 2 rings (SSSR count). The first-order chi connectivity index (χ1) is 6.07. The van der Waals surface area contributed by atoms with Crippen molar-refractivity contribution in [2.45, 2.75) is 5.16 Å². The van der Waals surface area contributed by atoms with E-state index in [1.54, 1.807) is 6.07 Å². The Morgan fingerprint density at radius 2 is 2.23 bits per heavy atom. The molecule has 0 amide bonds. The van der Waals surface area contributed by atoms with Gasteiger partial charge in [0.25, 0.3) is 15.2 Å². The van der Waals surface area contributed by atoms with Gasteiger partial charge in [-0.05, 0) is 0 Å². The minimum absolute atomic E-state index is 0.388. The molecule has 2 aromatic rings. The third kappa shape index (κ3) is 1.36. The molecule has 8 heteroatoms. The van der Waals surface area contributed by atoms with E-state index in [9.17, 15) is 8.42 Å². The lowest BCUT2D eigenvalue weighted by atomic mass is 10.7. The summed E-state index contributed by atoms with van der Waals surface area (Å²) < 4.78 is 23.0. The Morgan fingerprint density at radius 3 is 2.92 bits per heavy atom. The Labute approximate surface area is 73.3 Å². The molecule has 0 aromatic carbocycles. The molecule has 0 saturated heterocycles. The smallest absolute Gasteiger partial charge is 0.222 e. The maximum Gasteiger partial charge on any atom is 0.273 e. The topological polar surface area (TPSA) is 103 Å².